The summed E-state index contributed by atoms with van der Waals surface area (Å²) in [6, 6.07) is 11.4. The molecule has 0 radical (unpaired) electrons. The number of carbonyl (C=O) groups excluding carboxylic acids is 2. The molecular formula is C19H22N2O5S. The molecule has 144 valence electrons. The summed E-state index contributed by atoms with van der Waals surface area (Å²) in [6.07, 6.45) is 1.02. The number of sulfonamides is 1. The summed E-state index contributed by atoms with van der Waals surface area (Å²) in [7, 11) is -2.44. The van der Waals surface area contributed by atoms with Crippen LogP contribution in [0.15, 0.2) is 42.5 Å². The minimum Gasteiger partial charge on any atom is -0.465 e. The number of nitrogens with one attached hydrogen (secondary N) is 1. The summed E-state index contributed by atoms with van der Waals surface area (Å²) < 4.78 is 29.9. The molecule has 0 spiro atoms. The fraction of sp³-hybridized carbons (Fsp3) is 0.263. The highest BCUT2D eigenvalue weighted by atomic mass is 32.2. The smallest absolute Gasteiger partial charge is 0.337 e. The number of ether oxygens (including phenoxy) is 1. The molecule has 2 aromatic carbocycles. The Hall–Kier alpha value is -2.87. The van der Waals surface area contributed by atoms with E-state index in [-0.39, 0.29) is 17.8 Å². The minimum atomic E-state index is -3.70. The van der Waals surface area contributed by atoms with Gasteiger partial charge in [0.2, 0.25) is 15.9 Å². The second kappa shape index (κ2) is 8.22. The van der Waals surface area contributed by atoms with E-state index in [1.54, 1.807) is 12.1 Å². The number of esters is 1. The van der Waals surface area contributed by atoms with Crippen LogP contribution in [0.4, 0.5) is 11.4 Å². The summed E-state index contributed by atoms with van der Waals surface area (Å²) in [5, 5.41) is 2.72. The fourth-order valence-corrected chi connectivity index (χ4v) is 3.52. The van der Waals surface area contributed by atoms with Crippen LogP contribution in [-0.4, -0.2) is 40.2 Å². The van der Waals surface area contributed by atoms with Gasteiger partial charge in [-0.05, 0) is 61.4 Å². The number of amides is 1. The maximum atomic E-state index is 12.4. The molecular weight excluding hydrogens is 368 g/mol. The number of carbonyl (C=O) groups is 2. The van der Waals surface area contributed by atoms with Crippen molar-refractivity contribution in [3.63, 3.8) is 0 Å². The quantitative estimate of drug-likeness (QED) is 0.765. The summed E-state index contributed by atoms with van der Waals surface area (Å²) in [5.74, 6) is -0.998. The van der Waals surface area contributed by atoms with Gasteiger partial charge in [-0.2, -0.15) is 0 Å². The van der Waals surface area contributed by atoms with Crippen LogP contribution in [-0.2, 0) is 19.6 Å². The molecule has 1 amide bonds. The van der Waals surface area contributed by atoms with Gasteiger partial charge in [-0.3, -0.25) is 9.10 Å². The van der Waals surface area contributed by atoms with Gasteiger partial charge in [-0.1, -0.05) is 6.07 Å². The average molecular weight is 390 g/mol. The molecule has 8 heteroatoms. The molecule has 1 N–H and O–H groups in total. The Morgan fingerprint density at radius 1 is 1.04 bits per heavy atom. The van der Waals surface area contributed by atoms with Crippen molar-refractivity contribution >= 4 is 33.3 Å². The third kappa shape index (κ3) is 5.55. The SMILES string of the molecule is COC(=O)c1ccc(N(CC(=O)Nc2cc(C)cc(C)c2)S(C)(=O)=O)cc1. The lowest BCUT2D eigenvalue weighted by atomic mass is 10.1. The first kappa shape index (κ1) is 20.4. The molecule has 0 bridgehead atoms. The predicted octanol–water partition coefficient (Wildman–Crippen LogP) is 2.49. The highest BCUT2D eigenvalue weighted by Crippen LogP contribution is 2.19. The number of rotatable bonds is 6. The fourth-order valence-electron chi connectivity index (χ4n) is 2.66. The zero-order valence-corrected chi connectivity index (χ0v) is 16.5. The Morgan fingerprint density at radius 2 is 1.59 bits per heavy atom. The molecule has 2 aromatic rings. The molecule has 7 nitrogen and oxygen atoms in total. The van der Waals surface area contributed by atoms with Crippen LogP contribution in [0.2, 0.25) is 0 Å². The lowest BCUT2D eigenvalue weighted by molar-refractivity contribution is -0.114. The Kier molecular flexibility index (Phi) is 6.22. The van der Waals surface area contributed by atoms with Gasteiger partial charge in [0.15, 0.2) is 0 Å². The van der Waals surface area contributed by atoms with Crippen LogP contribution in [0, 0.1) is 13.8 Å². The van der Waals surface area contributed by atoms with Crippen molar-refractivity contribution < 1.29 is 22.7 Å². The van der Waals surface area contributed by atoms with Crippen molar-refractivity contribution in [3.8, 4) is 0 Å². The van der Waals surface area contributed by atoms with Gasteiger partial charge in [0, 0.05) is 5.69 Å². The number of hydrogen-bond donors (Lipinski definition) is 1. The average Bonchev–Trinajstić information content (AvgIpc) is 2.57. The van der Waals surface area contributed by atoms with Crippen molar-refractivity contribution in [3.05, 3.63) is 59.2 Å². The molecule has 27 heavy (non-hydrogen) atoms. The van der Waals surface area contributed by atoms with Gasteiger partial charge in [0.1, 0.15) is 6.54 Å². The second-order valence-corrected chi connectivity index (χ2v) is 8.14. The van der Waals surface area contributed by atoms with Gasteiger partial charge < -0.3 is 10.1 Å². The molecule has 0 atom stereocenters. The Labute approximate surface area is 159 Å². The van der Waals surface area contributed by atoms with Gasteiger partial charge >= 0.3 is 5.97 Å². The second-order valence-electron chi connectivity index (χ2n) is 6.23. The molecule has 0 aromatic heterocycles. The minimum absolute atomic E-state index is 0.278. The van der Waals surface area contributed by atoms with Crippen LogP contribution >= 0.6 is 0 Å². The van der Waals surface area contributed by atoms with E-state index in [9.17, 15) is 18.0 Å². The molecule has 0 aliphatic heterocycles. The Bertz CT molecular complexity index is 932. The molecule has 0 fully saturated rings. The standard InChI is InChI=1S/C19H22N2O5S/c1-13-9-14(2)11-16(10-13)20-18(22)12-21(27(4,24)25)17-7-5-15(6-8-17)19(23)26-3/h5-11H,12H2,1-4H3,(H,20,22). The highest BCUT2D eigenvalue weighted by Gasteiger charge is 2.21. The molecule has 0 aliphatic rings. The maximum absolute atomic E-state index is 12.4. The summed E-state index contributed by atoms with van der Waals surface area (Å²) in [5.41, 5.74) is 3.15. The largest absolute Gasteiger partial charge is 0.465 e. The van der Waals surface area contributed by atoms with E-state index in [0.29, 0.717) is 5.69 Å². The Balaban J connectivity index is 2.22. The molecule has 0 heterocycles. The zero-order chi connectivity index (χ0) is 20.2. The van der Waals surface area contributed by atoms with Crippen LogP contribution < -0.4 is 9.62 Å². The first-order valence-corrected chi connectivity index (χ1v) is 9.99. The van der Waals surface area contributed by atoms with E-state index >= 15 is 0 Å². The van der Waals surface area contributed by atoms with Gasteiger partial charge in [0.25, 0.3) is 0 Å². The van der Waals surface area contributed by atoms with Crippen molar-refractivity contribution in [1.82, 2.24) is 0 Å². The third-order valence-corrected chi connectivity index (χ3v) is 4.91. The van der Waals surface area contributed by atoms with Gasteiger partial charge in [-0.25, -0.2) is 13.2 Å². The topological polar surface area (TPSA) is 92.8 Å². The maximum Gasteiger partial charge on any atom is 0.337 e. The first-order chi connectivity index (χ1) is 12.6. The molecule has 0 saturated heterocycles. The number of nitrogens with zero attached hydrogens (tertiary/aromatic N) is 1. The van der Waals surface area contributed by atoms with E-state index in [0.717, 1.165) is 21.7 Å². The lowest BCUT2D eigenvalue weighted by Crippen LogP contribution is -2.37. The van der Waals surface area contributed by atoms with Crippen molar-refractivity contribution in [1.29, 1.82) is 0 Å². The van der Waals surface area contributed by atoms with Crippen LogP contribution in [0.25, 0.3) is 0 Å². The number of hydrogen-bond acceptors (Lipinski definition) is 5. The number of benzene rings is 2. The van der Waals surface area contributed by atoms with E-state index < -0.39 is 21.9 Å². The Morgan fingerprint density at radius 3 is 2.07 bits per heavy atom. The van der Waals surface area contributed by atoms with E-state index in [4.69, 9.17) is 0 Å². The third-order valence-electron chi connectivity index (χ3n) is 3.77. The van der Waals surface area contributed by atoms with Crippen LogP contribution in [0.5, 0.6) is 0 Å². The molecule has 2 rings (SSSR count). The number of anilines is 2. The van der Waals surface area contributed by atoms with E-state index in [1.165, 1.54) is 31.4 Å². The lowest BCUT2D eigenvalue weighted by Gasteiger charge is -2.22. The van der Waals surface area contributed by atoms with Crippen molar-refractivity contribution in [2.45, 2.75) is 13.8 Å². The summed E-state index contributed by atoms with van der Waals surface area (Å²) in [4.78, 5) is 23.9. The normalized spacial score (nSPS) is 11.0. The zero-order valence-electron chi connectivity index (χ0n) is 15.6. The van der Waals surface area contributed by atoms with Crippen LogP contribution in [0.3, 0.4) is 0 Å². The number of methoxy groups -OCH3 is 1. The summed E-state index contributed by atoms with van der Waals surface area (Å²) >= 11 is 0. The highest BCUT2D eigenvalue weighted by molar-refractivity contribution is 7.92. The van der Waals surface area contributed by atoms with Gasteiger partial charge in [0.05, 0.1) is 24.6 Å². The van der Waals surface area contributed by atoms with Crippen LogP contribution in [0.1, 0.15) is 21.5 Å². The summed E-state index contributed by atoms with van der Waals surface area (Å²) in [6.45, 7) is 3.44. The van der Waals surface area contributed by atoms with E-state index in [2.05, 4.69) is 10.1 Å². The van der Waals surface area contributed by atoms with Crippen molar-refractivity contribution in [2.75, 3.05) is 29.5 Å². The monoisotopic (exact) mass is 390 g/mol. The van der Waals surface area contributed by atoms with E-state index in [1.807, 2.05) is 19.9 Å². The molecule has 0 saturated carbocycles. The number of aryl methyl sites for hydroxylation is 2. The molecule has 0 unspecified atom stereocenters. The van der Waals surface area contributed by atoms with Gasteiger partial charge in [-0.15, -0.1) is 0 Å². The first-order valence-electron chi connectivity index (χ1n) is 8.14. The van der Waals surface area contributed by atoms with Crippen molar-refractivity contribution in [2.24, 2.45) is 0 Å². The molecule has 0 aliphatic carbocycles. The predicted molar refractivity (Wildman–Crippen MR) is 105 cm³/mol.